The predicted octanol–water partition coefficient (Wildman–Crippen LogP) is 0.543. The second-order valence-electron chi connectivity index (χ2n) is 2.32. The number of hydrogen-bond acceptors (Lipinski definition) is 4. The molecule has 0 saturated heterocycles. The molecule has 0 aromatic heterocycles. The summed E-state index contributed by atoms with van der Waals surface area (Å²) in [6.07, 6.45) is 0. The second-order valence-corrected chi connectivity index (χ2v) is 4.83. The van der Waals surface area contributed by atoms with Crippen LogP contribution >= 0.6 is 0 Å². The van der Waals surface area contributed by atoms with Crippen molar-refractivity contribution < 1.29 is 18.1 Å². The molecule has 0 saturated carbocycles. The molecule has 0 radical (unpaired) electrons. The average molecular weight is 200 g/mol. The molecule has 0 aliphatic heterocycles. The van der Waals surface area contributed by atoms with E-state index >= 15 is 0 Å². The molecule has 4 nitrogen and oxygen atoms in total. The molecule has 0 fully saturated rings. The fraction of sp³-hybridized carbons (Fsp3) is 0.857. The van der Waals surface area contributed by atoms with Crippen LogP contribution in [0.1, 0.15) is 20.8 Å². The van der Waals surface area contributed by atoms with Crippen LogP contribution in [0.25, 0.3) is 0 Å². The van der Waals surface area contributed by atoms with Crippen molar-refractivity contribution in [2.24, 2.45) is 0 Å². The first-order chi connectivity index (χ1) is 5.54. The topological polar surface area (TPSA) is 44.8 Å². The predicted molar refractivity (Wildman–Crippen MR) is 53.8 cm³/mol. The molecule has 13 heavy (non-hydrogen) atoms. The van der Waals surface area contributed by atoms with E-state index in [9.17, 15) is 4.79 Å². The summed E-state index contributed by atoms with van der Waals surface area (Å²) < 4.78 is 15.5. The van der Waals surface area contributed by atoms with Crippen LogP contribution in [0.2, 0.25) is 6.55 Å². The molecule has 0 amide bonds. The molecule has 0 unspecified atom stereocenters. The van der Waals surface area contributed by atoms with Crippen LogP contribution in [-0.2, 0) is 18.1 Å². The van der Waals surface area contributed by atoms with Gasteiger partial charge in [-0.05, 0) is 13.8 Å². The summed E-state index contributed by atoms with van der Waals surface area (Å²) in [5.74, 6) is -0.355. The Bertz CT molecular complexity index is 147. The van der Waals surface area contributed by atoms with E-state index in [0.717, 1.165) is 0 Å². The maximum atomic E-state index is 10.7. The molecular weight excluding hydrogens is 183 g/mol. The van der Waals surface area contributed by atoms with Crippen LogP contribution in [0.15, 0.2) is 0 Å². The van der Waals surface area contributed by atoms with Gasteiger partial charge in [0, 0.05) is 26.7 Å². The van der Waals surface area contributed by atoms with Gasteiger partial charge in [0.15, 0.2) is 0 Å². The van der Waals surface area contributed by atoms with E-state index in [0.29, 0.717) is 13.2 Å². The van der Waals surface area contributed by atoms with Gasteiger partial charge in [-0.15, -0.1) is 0 Å². The molecule has 0 aromatic carbocycles. The number of carbonyl (C=O) groups excluding carboxylic acids is 1. The van der Waals surface area contributed by atoms with Crippen LogP contribution in [0.3, 0.4) is 0 Å². The quantitative estimate of drug-likeness (QED) is 0.608. The third-order valence-electron chi connectivity index (χ3n) is 1.14. The van der Waals surface area contributed by atoms with E-state index in [2.05, 4.69) is 0 Å². The normalized spacial score (nSPS) is 10.5. The Balaban J connectivity index is 0. The maximum absolute atomic E-state index is 10.7. The van der Waals surface area contributed by atoms with Crippen molar-refractivity contribution in [2.75, 3.05) is 13.2 Å². The molecule has 74 valence electrons. The summed E-state index contributed by atoms with van der Waals surface area (Å²) in [7, 11) is -2.66. The first-order valence-corrected chi connectivity index (χ1v) is 6.24. The summed E-state index contributed by atoms with van der Waals surface area (Å²) in [6.45, 7) is 7.73. The Morgan fingerprint density at radius 1 is 1.23 bits per heavy atom. The molecule has 6 heteroatoms. The minimum atomic E-state index is -2.66. The molecule has 0 rings (SSSR count). The SMILES string of the molecule is CCO[Si](C)(OCC)OC(C)=O.[LiH]. The van der Waals surface area contributed by atoms with Crippen molar-refractivity contribution in [2.45, 2.75) is 27.3 Å². The van der Waals surface area contributed by atoms with Crippen LogP contribution in [0.5, 0.6) is 0 Å². The Kier molecular flexibility index (Phi) is 9.15. The van der Waals surface area contributed by atoms with Gasteiger partial charge in [0.1, 0.15) is 0 Å². The van der Waals surface area contributed by atoms with E-state index in [1.165, 1.54) is 6.92 Å². The van der Waals surface area contributed by atoms with Crippen molar-refractivity contribution in [3.8, 4) is 0 Å². The standard InChI is InChI=1S/C7H16O4Si.Li.H/c1-5-9-12(4,10-6-2)11-7(3)8;;/h5-6H2,1-4H3;;. The van der Waals surface area contributed by atoms with E-state index in [-0.39, 0.29) is 24.8 Å². The van der Waals surface area contributed by atoms with Gasteiger partial charge in [0.2, 0.25) is 0 Å². The zero-order valence-corrected chi connectivity index (χ0v) is 9.05. The van der Waals surface area contributed by atoms with E-state index in [1.807, 2.05) is 13.8 Å². The van der Waals surface area contributed by atoms with Gasteiger partial charge < -0.3 is 13.3 Å². The molecule has 0 N–H and O–H groups in total. The summed E-state index contributed by atoms with van der Waals surface area (Å²) in [5.41, 5.74) is 0. The number of rotatable bonds is 5. The van der Waals surface area contributed by atoms with Crippen molar-refractivity contribution in [1.29, 1.82) is 0 Å². The van der Waals surface area contributed by atoms with Crippen LogP contribution < -0.4 is 0 Å². The molecule has 0 spiro atoms. The third-order valence-corrected chi connectivity index (χ3v) is 3.43. The first-order valence-electron chi connectivity index (χ1n) is 4.01. The van der Waals surface area contributed by atoms with Crippen LogP contribution in [0, 0.1) is 0 Å². The van der Waals surface area contributed by atoms with E-state index < -0.39 is 8.80 Å². The molecular formula is C7H17LiO4Si. The molecule has 0 bridgehead atoms. The molecule has 0 aliphatic carbocycles. The van der Waals surface area contributed by atoms with Gasteiger partial charge in [-0.25, -0.2) is 0 Å². The Labute approximate surface area is 92.5 Å². The Morgan fingerprint density at radius 3 is 1.85 bits per heavy atom. The summed E-state index contributed by atoms with van der Waals surface area (Å²) >= 11 is 0. The zero-order valence-electron chi connectivity index (χ0n) is 8.05. The number of carbonyl (C=O) groups is 1. The fourth-order valence-electron chi connectivity index (χ4n) is 0.886. The molecule has 0 atom stereocenters. The van der Waals surface area contributed by atoms with Gasteiger partial charge in [-0.2, -0.15) is 0 Å². The van der Waals surface area contributed by atoms with Gasteiger partial charge >= 0.3 is 27.7 Å². The van der Waals surface area contributed by atoms with Crippen molar-refractivity contribution >= 4 is 33.6 Å². The van der Waals surface area contributed by atoms with Crippen LogP contribution in [-0.4, -0.2) is 46.8 Å². The van der Waals surface area contributed by atoms with E-state index in [1.54, 1.807) is 6.55 Å². The van der Waals surface area contributed by atoms with Crippen molar-refractivity contribution in [3.05, 3.63) is 0 Å². The minimum absolute atomic E-state index is 0. The summed E-state index contributed by atoms with van der Waals surface area (Å²) in [5, 5.41) is 0. The second kappa shape index (κ2) is 7.59. The van der Waals surface area contributed by atoms with Gasteiger partial charge in [-0.3, -0.25) is 4.79 Å². The third kappa shape index (κ3) is 7.29. The zero-order chi connectivity index (χ0) is 9.61. The molecule has 0 aliphatic rings. The number of hydrogen-bond donors (Lipinski definition) is 0. The van der Waals surface area contributed by atoms with Crippen LogP contribution in [0.4, 0.5) is 0 Å². The van der Waals surface area contributed by atoms with Crippen molar-refractivity contribution in [1.82, 2.24) is 0 Å². The molecule has 0 aromatic rings. The summed E-state index contributed by atoms with van der Waals surface area (Å²) in [4.78, 5) is 10.7. The first kappa shape index (κ1) is 15.7. The average Bonchev–Trinajstić information content (AvgIpc) is 1.85. The molecule has 0 heterocycles. The fourth-order valence-corrected chi connectivity index (χ4v) is 2.66. The Morgan fingerprint density at radius 2 is 1.62 bits per heavy atom. The van der Waals surface area contributed by atoms with Gasteiger partial charge in [0.05, 0.1) is 0 Å². The van der Waals surface area contributed by atoms with E-state index in [4.69, 9.17) is 13.3 Å². The monoisotopic (exact) mass is 200 g/mol. The summed E-state index contributed by atoms with van der Waals surface area (Å²) in [6, 6.07) is 0. The van der Waals surface area contributed by atoms with Crippen molar-refractivity contribution in [3.63, 3.8) is 0 Å². The van der Waals surface area contributed by atoms with Gasteiger partial charge in [-0.1, -0.05) is 0 Å². The van der Waals surface area contributed by atoms with Gasteiger partial charge in [0.25, 0.3) is 5.97 Å². The Hall–Kier alpha value is 0.204.